The van der Waals surface area contributed by atoms with Crippen molar-refractivity contribution in [2.75, 3.05) is 0 Å². The third-order valence-corrected chi connectivity index (χ3v) is 2.22. The maximum Gasteiger partial charge on any atom is 0.410 e. The lowest BCUT2D eigenvalue weighted by atomic mass is 10.1. The van der Waals surface area contributed by atoms with Crippen LogP contribution in [-0.4, -0.2) is 22.2 Å². The summed E-state index contributed by atoms with van der Waals surface area (Å²) >= 11 is 0. The summed E-state index contributed by atoms with van der Waals surface area (Å²) in [5, 5.41) is 11.5. The number of urea groups is 1. The first-order valence-corrected chi connectivity index (χ1v) is 5.04. The molecule has 8 heteroatoms. The molecule has 1 heterocycles. The molecule has 3 amide bonds. The minimum atomic E-state index is -1.00. The number of nitrogens with one attached hydrogen (secondary N) is 1. The van der Waals surface area contributed by atoms with Gasteiger partial charge in [-0.2, -0.15) is 0 Å². The molecule has 0 saturated heterocycles. The van der Waals surface area contributed by atoms with Crippen LogP contribution in [-0.2, 0) is 13.2 Å². The second-order valence-electron chi connectivity index (χ2n) is 3.47. The molecular weight excluding hydrogens is 240 g/mol. The highest BCUT2D eigenvalue weighted by Gasteiger charge is 2.16. The van der Waals surface area contributed by atoms with Crippen LogP contribution in [0, 0.1) is 6.92 Å². The molecule has 6 N–H and O–H groups in total. The van der Waals surface area contributed by atoms with Crippen molar-refractivity contribution < 1.29 is 19.4 Å². The first kappa shape index (κ1) is 13.7. The number of nitrogens with zero attached hydrogens (tertiary/aromatic N) is 1. The van der Waals surface area contributed by atoms with Crippen LogP contribution >= 0.6 is 0 Å². The zero-order valence-electron chi connectivity index (χ0n) is 9.77. The number of nitrogens with two attached hydrogens (primary N) is 2. The summed E-state index contributed by atoms with van der Waals surface area (Å²) in [7, 11) is 0. The molecule has 98 valence electrons. The molecule has 0 aromatic carbocycles. The summed E-state index contributed by atoms with van der Waals surface area (Å²) in [6.07, 6.45) is 0.414. The van der Waals surface area contributed by atoms with Gasteiger partial charge in [0.05, 0.1) is 12.3 Å². The van der Waals surface area contributed by atoms with Gasteiger partial charge in [-0.1, -0.05) is 0 Å². The number of hydrogen-bond donors (Lipinski definition) is 4. The van der Waals surface area contributed by atoms with Crippen molar-refractivity contribution in [3.05, 3.63) is 23.0 Å². The Morgan fingerprint density at radius 3 is 2.67 bits per heavy atom. The van der Waals surface area contributed by atoms with E-state index in [1.54, 1.807) is 6.92 Å². The standard InChI is InChI=1S/C10H14N4O4/c1-5-8(18-10(12)17)7(3-14-9(11)16)6(4-15)2-13-5/h2,15H,3-4H2,1H3,(H2,12,17)(H3,11,14,16). The Morgan fingerprint density at radius 2 is 2.17 bits per heavy atom. The Hall–Kier alpha value is -2.35. The third kappa shape index (κ3) is 3.32. The molecule has 0 unspecified atom stereocenters. The van der Waals surface area contributed by atoms with Crippen molar-refractivity contribution in [1.29, 1.82) is 0 Å². The lowest BCUT2D eigenvalue weighted by molar-refractivity contribution is 0.209. The number of amides is 3. The van der Waals surface area contributed by atoms with Crippen LogP contribution in [0.4, 0.5) is 9.59 Å². The molecule has 0 fully saturated rings. The quantitative estimate of drug-likeness (QED) is 0.573. The molecule has 0 aliphatic rings. The third-order valence-electron chi connectivity index (χ3n) is 2.22. The lowest BCUT2D eigenvalue weighted by Gasteiger charge is -2.14. The molecule has 0 aliphatic heterocycles. The number of pyridine rings is 1. The van der Waals surface area contributed by atoms with Gasteiger partial charge in [0.15, 0.2) is 5.75 Å². The van der Waals surface area contributed by atoms with Gasteiger partial charge in [0.25, 0.3) is 0 Å². The van der Waals surface area contributed by atoms with Crippen LogP contribution in [0.15, 0.2) is 6.20 Å². The molecule has 0 atom stereocenters. The maximum absolute atomic E-state index is 10.8. The van der Waals surface area contributed by atoms with E-state index in [9.17, 15) is 14.7 Å². The van der Waals surface area contributed by atoms with Crippen molar-refractivity contribution in [1.82, 2.24) is 10.3 Å². The predicted octanol–water partition coefficient (Wildman–Crippen LogP) is -0.492. The second-order valence-corrected chi connectivity index (χ2v) is 3.47. The normalized spacial score (nSPS) is 9.89. The summed E-state index contributed by atoms with van der Waals surface area (Å²) in [6, 6.07) is -0.738. The maximum atomic E-state index is 10.8. The van der Waals surface area contributed by atoms with Gasteiger partial charge in [0.2, 0.25) is 0 Å². The summed E-state index contributed by atoms with van der Waals surface area (Å²) in [5.74, 6) is 0.114. The molecule has 1 aromatic rings. The highest BCUT2D eigenvalue weighted by atomic mass is 16.5. The van der Waals surface area contributed by atoms with Crippen LogP contribution in [0.5, 0.6) is 5.75 Å². The van der Waals surface area contributed by atoms with E-state index in [-0.39, 0.29) is 18.9 Å². The first-order chi connectivity index (χ1) is 8.45. The number of rotatable bonds is 4. The van der Waals surface area contributed by atoms with Gasteiger partial charge in [-0.15, -0.1) is 0 Å². The molecule has 0 bridgehead atoms. The SMILES string of the molecule is Cc1ncc(CO)c(CNC(N)=O)c1OC(N)=O. The van der Waals surface area contributed by atoms with E-state index in [0.717, 1.165) is 0 Å². The summed E-state index contributed by atoms with van der Waals surface area (Å²) in [5.41, 5.74) is 11.1. The van der Waals surface area contributed by atoms with E-state index in [4.69, 9.17) is 16.2 Å². The molecule has 1 aromatic heterocycles. The van der Waals surface area contributed by atoms with Crippen LogP contribution in [0.3, 0.4) is 0 Å². The van der Waals surface area contributed by atoms with Crippen molar-refractivity contribution in [2.24, 2.45) is 11.5 Å². The molecule has 0 saturated carbocycles. The lowest BCUT2D eigenvalue weighted by Crippen LogP contribution is -2.30. The summed E-state index contributed by atoms with van der Waals surface area (Å²) in [4.78, 5) is 25.5. The fourth-order valence-electron chi connectivity index (χ4n) is 1.42. The number of ether oxygens (including phenoxy) is 1. The van der Waals surface area contributed by atoms with Gasteiger partial charge in [-0.05, 0) is 6.92 Å². The van der Waals surface area contributed by atoms with Gasteiger partial charge >= 0.3 is 12.1 Å². The highest BCUT2D eigenvalue weighted by Crippen LogP contribution is 2.25. The fraction of sp³-hybridized carbons (Fsp3) is 0.300. The zero-order valence-corrected chi connectivity index (χ0v) is 9.77. The Kier molecular flexibility index (Phi) is 4.44. The molecular formula is C10H14N4O4. The largest absolute Gasteiger partial charge is 0.410 e. The predicted molar refractivity (Wildman–Crippen MR) is 61.5 cm³/mol. The minimum Gasteiger partial charge on any atom is -0.408 e. The number of carbonyl (C=O) groups excluding carboxylic acids is 2. The van der Waals surface area contributed by atoms with Crippen LogP contribution in [0.1, 0.15) is 16.8 Å². The van der Waals surface area contributed by atoms with Crippen molar-refractivity contribution >= 4 is 12.1 Å². The smallest absolute Gasteiger partial charge is 0.408 e. The summed E-state index contributed by atoms with van der Waals surface area (Å²) < 4.78 is 4.82. The van der Waals surface area contributed by atoms with E-state index in [0.29, 0.717) is 16.8 Å². The molecule has 8 nitrogen and oxygen atoms in total. The first-order valence-electron chi connectivity index (χ1n) is 5.04. The van der Waals surface area contributed by atoms with Crippen LogP contribution in [0.25, 0.3) is 0 Å². The van der Waals surface area contributed by atoms with Crippen LogP contribution < -0.4 is 21.5 Å². The monoisotopic (exact) mass is 254 g/mol. The number of aliphatic hydroxyl groups excluding tert-OH is 1. The Morgan fingerprint density at radius 1 is 1.50 bits per heavy atom. The van der Waals surface area contributed by atoms with Gasteiger partial charge in [-0.25, -0.2) is 9.59 Å². The van der Waals surface area contributed by atoms with E-state index in [1.807, 2.05) is 0 Å². The van der Waals surface area contributed by atoms with E-state index in [1.165, 1.54) is 6.20 Å². The molecule has 0 radical (unpaired) electrons. The Bertz CT molecular complexity index is 475. The molecule has 1 rings (SSSR count). The van der Waals surface area contributed by atoms with Gasteiger partial charge in [0, 0.05) is 23.9 Å². The van der Waals surface area contributed by atoms with E-state index >= 15 is 0 Å². The van der Waals surface area contributed by atoms with E-state index in [2.05, 4.69) is 10.3 Å². The number of aliphatic hydroxyl groups is 1. The average molecular weight is 254 g/mol. The van der Waals surface area contributed by atoms with Gasteiger partial charge in [0.1, 0.15) is 0 Å². The van der Waals surface area contributed by atoms with Gasteiger partial charge in [-0.3, -0.25) is 4.98 Å². The highest BCUT2D eigenvalue weighted by molar-refractivity contribution is 5.72. The van der Waals surface area contributed by atoms with Crippen molar-refractivity contribution in [3.8, 4) is 5.75 Å². The summed E-state index contributed by atoms with van der Waals surface area (Å²) in [6.45, 7) is 1.28. The molecule has 0 aliphatic carbocycles. The molecule has 0 spiro atoms. The van der Waals surface area contributed by atoms with Crippen molar-refractivity contribution in [2.45, 2.75) is 20.1 Å². The Labute approximate surface area is 103 Å². The topological polar surface area (TPSA) is 141 Å². The van der Waals surface area contributed by atoms with E-state index < -0.39 is 12.1 Å². The van der Waals surface area contributed by atoms with Crippen LogP contribution in [0.2, 0.25) is 0 Å². The number of aromatic nitrogens is 1. The number of hydrogen-bond acceptors (Lipinski definition) is 5. The minimum absolute atomic E-state index is 0.00278. The zero-order chi connectivity index (χ0) is 13.7. The number of carbonyl (C=O) groups is 2. The fourth-order valence-corrected chi connectivity index (χ4v) is 1.42. The Balaban J connectivity index is 3.17. The molecule has 18 heavy (non-hydrogen) atoms. The number of aryl methyl sites for hydroxylation is 1. The van der Waals surface area contributed by atoms with Crippen molar-refractivity contribution in [3.63, 3.8) is 0 Å². The second kappa shape index (κ2) is 5.82. The van der Waals surface area contributed by atoms with Gasteiger partial charge < -0.3 is 26.6 Å². The average Bonchev–Trinajstić information content (AvgIpc) is 2.29. The number of primary amides is 2.